The average molecular weight is 427 g/mol. The lowest BCUT2D eigenvalue weighted by atomic mass is 10.0. The quantitative estimate of drug-likeness (QED) is 0.548. The summed E-state index contributed by atoms with van der Waals surface area (Å²) in [5.74, 6) is -1.76. The highest BCUT2D eigenvalue weighted by Crippen LogP contribution is 2.29. The van der Waals surface area contributed by atoms with Crippen molar-refractivity contribution in [2.75, 3.05) is 24.7 Å². The number of ether oxygens (including phenoxy) is 1. The fourth-order valence-electron chi connectivity index (χ4n) is 3.02. The van der Waals surface area contributed by atoms with Gasteiger partial charge in [-0.3, -0.25) is 9.29 Å². The van der Waals surface area contributed by atoms with Crippen LogP contribution in [0.25, 0.3) is 11.1 Å². The Kier molecular flexibility index (Phi) is 7.92. The van der Waals surface area contributed by atoms with Crippen molar-refractivity contribution >= 4 is 17.7 Å². The maximum Gasteiger partial charge on any atom is 0.415 e. The minimum absolute atomic E-state index is 0. The lowest BCUT2D eigenvalue weighted by molar-refractivity contribution is -0.670. The van der Waals surface area contributed by atoms with E-state index in [1.165, 1.54) is 6.07 Å². The number of carboxylic acid groups (broad SMARTS) is 1. The van der Waals surface area contributed by atoms with Gasteiger partial charge >= 0.3 is 12.1 Å². The third-order valence-corrected chi connectivity index (χ3v) is 4.54. The predicted molar refractivity (Wildman–Crippen MR) is 98.2 cm³/mol. The van der Waals surface area contributed by atoms with E-state index < -0.39 is 24.0 Å². The Morgan fingerprint density at radius 2 is 1.97 bits per heavy atom. The standard InChI is InChI=1S/C20H20F2N2O4.ClH/c21-8-1-9-23-11-13-2-4-14(5-3-13)16-7-6-15(10-17(16)22)24-12-18(19(25)26)28-20(24)27;/h2-7,10,18,23H,1,8-9,11-12H2,(H,25,26);1H/t18-;/m1./s1. The van der Waals surface area contributed by atoms with Crippen molar-refractivity contribution in [2.45, 2.75) is 19.1 Å². The number of cyclic esters (lactones) is 1. The molecule has 1 saturated heterocycles. The van der Waals surface area contributed by atoms with Crippen LogP contribution in [-0.2, 0) is 16.1 Å². The summed E-state index contributed by atoms with van der Waals surface area (Å²) < 4.78 is 31.5. The maximum absolute atomic E-state index is 14.6. The van der Waals surface area contributed by atoms with E-state index in [9.17, 15) is 18.4 Å². The lowest BCUT2D eigenvalue weighted by Crippen LogP contribution is -3.00. The Balaban J connectivity index is 0.00000300. The predicted octanol–water partition coefficient (Wildman–Crippen LogP) is -0.670. The van der Waals surface area contributed by atoms with Gasteiger partial charge in [0.15, 0.2) is 0 Å². The molecular formula is C20H21ClF2N2O4. The number of carbonyl (C=O) groups excluding carboxylic acids is 1. The molecule has 1 aliphatic heterocycles. The normalized spacial score (nSPS) is 15.7. The first kappa shape index (κ1) is 22.6. The van der Waals surface area contributed by atoms with Gasteiger partial charge < -0.3 is 27.6 Å². The van der Waals surface area contributed by atoms with Crippen molar-refractivity contribution in [3.05, 3.63) is 53.8 Å². The molecule has 1 aliphatic rings. The van der Waals surface area contributed by atoms with Crippen LogP contribution >= 0.6 is 0 Å². The van der Waals surface area contributed by atoms with Crippen LogP contribution in [0.5, 0.6) is 0 Å². The van der Waals surface area contributed by atoms with Crippen LogP contribution in [0.3, 0.4) is 0 Å². The molecule has 0 aromatic heterocycles. The van der Waals surface area contributed by atoms with Crippen molar-refractivity contribution in [1.82, 2.24) is 0 Å². The number of nitrogens with two attached hydrogens (primary N) is 1. The van der Waals surface area contributed by atoms with Crippen molar-refractivity contribution in [3.8, 4) is 11.1 Å². The van der Waals surface area contributed by atoms with Crippen molar-refractivity contribution in [2.24, 2.45) is 0 Å². The van der Waals surface area contributed by atoms with Gasteiger partial charge in [-0.2, -0.15) is 0 Å². The van der Waals surface area contributed by atoms with E-state index in [1.54, 1.807) is 24.3 Å². The summed E-state index contributed by atoms with van der Waals surface area (Å²) in [4.78, 5) is 23.9. The van der Waals surface area contributed by atoms with Crippen molar-refractivity contribution in [3.63, 3.8) is 0 Å². The van der Waals surface area contributed by atoms with E-state index >= 15 is 0 Å². The Labute approximate surface area is 172 Å². The van der Waals surface area contributed by atoms with Gasteiger partial charge in [0, 0.05) is 17.5 Å². The van der Waals surface area contributed by atoms with Crippen LogP contribution in [-0.4, -0.2) is 43.0 Å². The van der Waals surface area contributed by atoms with E-state index in [0.29, 0.717) is 17.5 Å². The van der Waals surface area contributed by atoms with E-state index in [2.05, 4.69) is 0 Å². The van der Waals surface area contributed by atoms with Gasteiger partial charge in [0.25, 0.3) is 0 Å². The number of carboxylic acids is 1. The summed E-state index contributed by atoms with van der Waals surface area (Å²) in [6, 6.07) is 11.7. The minimum Gasteiger partial charge on any atom is -1.00 e. The van der Waals surface area contributed by atoms with E-state index in [-0.39, 0.29) is 31.3 Å². The Bertz CT molecular complexity index is 864. The van der Waals surface area contributed by atoms with Gasteiger partial charge in [-0.1, -0.05) is 24.3 Å². The number of alkyl halides is 1. The number of benzene rings is 2. The summed E-state index contributed by atoms with van der Waals surface area (Å²) in [7, 11) is 0. The molecule has 0 bridgehead atoms. The zero-order valence-corrected chi connectivity index (χ0v) is 16.2. The highest BCUT2D eigenvalue weighted by atomic mass is 35.5. The largest absolute Gasteiger partial charge is 1.00 e. The van der Waals surface area contributed by atoms with E-state index in [1.807, 2.05) is 17.4 Å². The molecule has 9 heteroatoms. The molecule has 1 heterocycles. The van der Waals surface area contributed by atoms with E-state index in [4.69, 9.17) is 9.84 Å². The number of aliphatic carboxylic acids is 1. The summed E-state index contributed by atoms with van der Waals surface area (Å²) >= 11 is 0. The van der Waals surface area contributed by atoms with Crippen LogP contribution in [0.2, 0.25) is 0 Å². The second-order valence-corrected chi connectivity index (χ2v) is 6.51. The van der Waals surface area contributed by atoms with Gasteiger partial charge in [-0.15, -0.1) is 0 Å². The lowest BCUT2D eigenvalue weighted by Gasteiger charge is -2.14. The van der Waals surface area contributed by atoms with Gasteiger partial charge in [0.05, 0.1) is 25.5 Å². The molecule has 6 nitrogen and oxygen atoms in total. The Morgan fingerprint density at radius 1 is 1.24 bits per heavy atom. The van der Waals surface area contributed by atoms with Crippen molar-refractivity contribution < 1.29 is 45.9 Å². The smallest absolute Gasteiger partial charge is 0.415 e. The molecule has 2 aromatic rings. The number of quaternary nitrogens is 1. The zero-order valence-electron chi connectivity index (χ0n) is 15.5. The topological polar surface area (TPSA) is 83.5 Å². The Hall–Kier alpha value is -2.71. The molecule has 0 aliphatic carbocycles. The number of anilines is 1. The zero-order chi connectivity index (χ0) is 20.1. The van der Waals surface area contributed by atoms with Crippen LogP contribution < -0.4 is 22.6 Å². The molecule has 29 heavy (non-hydrogen) atoms. The molecule has 156 valence electrons. The number of carbonyl (C=O) groups is 2. The highest BCUT2D eigenvalue weighted by molar-refractivity contribution is 5.94. The number of nitrogens with zero attached hydrogens (tertiary/aromatic N) is 1. The van der Waals surface area contributed by atoms with E-state index in [0.717, 1.165) is 23.6 Å². The Morgan fingerprint density at radius 3 is 2.55 bits per heavy atom. The minimum atomic E-state index is -1.26. The number of amides is 1. The number of rotatable bonds is 8. The summed E-state index contributed by atoms with van der Waals surface area (Å²) in [5, 5.41) is 11.0. The second kappa shape index (κ2) is 10.2. The summed E-state index contributed by atoms with van der Waals surface area (Å²) in [5.41, 5.74) is 2.36. The molecule has 1 atom stereocenters. The highest BCUT2D eigenvalue weighted by Gasteiger charge is 2.37. The van der Waals surface area contributed by atoms with Gasteiger partial charge in [-0.25, -0.2) is 14.0 Å². The molecule has 0 spiro atoms. The first-order valence-electron chi connectivity index (χ1n) is 8.97. The van der Waals surface area contributed by atoms with Gasteiger partial charge in [0.2, 0.25) is 6.10 Å². The molecule has 3 N–H and O–H groups in total. The second-order valence-electron chi connectivity index (χ2n) is 6.51. The molecule has 0 saturated carbocycles. The van der Waals surface area contributed by atoms with Crippen LogP contribution in [0.4, 0.5) is 19.3 Å². The number of hydrogen-bond donors (Lipinski definition) is 2. The van der Waals surface area contributed by atoms with Crippen molar-refractivity contribution in [1.29, 1.82) is 0 Å². The third kappa shape index (κ3) is 5.42. The first-order chi connectivity index (χ1) is 13.5. The maximum atomic E-state index is 14.6. The molecule has 0 unspecified atom stereocenters. The molecule has 3 rings (SSSR count). The number of hydrogen-bond acceptors (Lipinski definition) is 3. The summed E-state index contributed by atoms with van der Waals surface area (Å²) in [6.07, 6.45) is -1.55. The summed E-state index contributed by atoms with van der Waals surface area (Å²) in [6.45, 7) is 0.955. The third-order valence-electron chi connectivity index (χ3n) is 4.54. The average Bonchev–Trinajstić information content (AvgIpc) is 3.08. The van der Waals surface area contributed by atoms with Gasteiger partial charge in [-0.05, 0) is 23.8 Å². The monoisotopic (exact) mass is 426 g/mol. The van der Waals surface area contributed by atoms with Crippen LogP contribution in [0.1, 0.15) is 12.0 Å². The van der Waals surface area contributed by atoms with Gasteiger partial charge in [0.1, 0.15) is 12.4 Å². The van der Waals surface area contributed by atoms with Crippen LogP contribution in [0, 0.1) is 5.82 Å². The molecule has 1 fully saturated rings. The first-order valence-corrected chi connectivity index (χ1v) is 8.97. The molecule has 1 amide bonds. The van der Waals surface area contributed by atoms with Crippen LogP contribution in [0.15, 0.2) is 42.5 Å². The fraction of sp³-hybridized carbons (Fsp3) is 0.300. The fourth-order valence-corrected chi connectivity index (χ4v) is 3.02. The molecular weight excluding hydrogens is 406 g/mol. The SMILES string of the molecule is O=C(O)[C@H]1CN(c2ccc(-c3ccc(C[NH2+]CCCF)cc3)c(F)c2)C(=O)O1.[Cl-]. The molecule has 2 aromatic carbocycles. The molecule has 0 radical (unpaired) electrons. The number of halogens is 3.